The molecule has 0 aliphatic carbocycles. The number of fused-ring (bicyclic) bond motifs is 1. The number of hydrogen-bond donors (Lipinski definition) is 0. The molecule has 164 valence electrons. The molecule has 0 unspecified atom stereocenters. The molecule has 0 fully saturated rings. The minimum Gasteiger partial charge on any atom is -0.493 e. The zero-order valence-corrected chi connectivity index (χ0v) is 18.7. The Bertz CT molecular complexity index is 1210. The van der Waals surface area contributed by atoms with Crippen LogP contribution in [0.15, 0.2) is 48.5 Å². The molecule has 0 atom stereocenters. The van der Waals surface area contributed by atoms with Crippen molar-refractivity contribution in [3.05, 3.63) is 87.2 Å². The summed E-state index contributed by atoms with van der Waals surface area (Å²) in [6, 6.07) is 12.9. The van der Waals surface area contributed by atoms with E-state index in [4.69, 9.17) is 21.1 Å². The van der Waals surface area contributed by atoms with Gasteiger partial charge in [0.05, 0.1) is 18.8 Å². The van der Waals surface area contributed by atoms with E-state index in [2.05, 4.69) is 5.10 Å². The van der Waals surface area contributed by atoms with Crippen LogP contribution < -0.4 is 4.74 Å². The van der Waals surface area contributed by atoms with Crippen LogP contribution in [0.25, 0.3) is 6.08 Å². The van der Waals surface area contributed by atoms with Crippen LogP contribution in [0.1, 0.15) is 38.4 Å². The van der Waals surface area contributed by atoms with E-state index in [9.17, 15) is 9.59 Å². The SMILES string of the molecule is Cc1nn(Cc2ccccc2Cl)c(C)c1/C=C/C(=O)OCC(=O)c1ccc2c(c1)CCO2. The highest BCUT2D eigenvalue weighted by Crippen LogP contribution is 2.26. The van der Waals surface area contributed by atoms with Crippen LogP contribution >= 0.6 is 11.6 Å². The van der Waals surface area contributed by atoms with Gasteiger partial charge in [0.1, 0.15) is 5.75 Å². The number of rotatable bonds is 7. The monoisotopic (exact) mass is 450 g/mol. The predicted molar refractivity (Wildman–Crippen MR) is 122 cm³/mol. The van der Waals surface area contributed by atoms with Crippen LogP contribution in [0.2, 0.25) is 5.02 Å². The maximum atomic E-state index is 12.4. The first-order chi connectivity index (χ1) is 15.4. The van der Waals surface area contributed by atoms with Crippen molar-refractivity contribution in [3.63, 3.8) is 0 Å². The van der Waals surface area contributed by atoms with Crippen LogP contribution in [0.5, 0.6) is 5.75 Å². The molecule has 0 saturated carbocycles. The molecule has 0 spiro atoms. The first kappa shape index (κ1) is 21.8. The van der Waals surface area contributed by atoms with Gasteiger partial charge >= 0.3 is 5.97 Å². The van der Waals surface area contributed by atoms with E-state index in [-0.39, 0.29) is 12.4 Å². The zero-order chi connectivity index (χ0) is 22.7. The summed E-state index contributed by atoms with van der Waals surface area (Å²) >= 11 is 6.26. The molecule has 1 aromatic heterocycles. The molecule has 0 N–H and O–H groups in total. The number of benzene rings is 2. The molecular formula is C25H23ClN2O4. The standard InChI is InChI=1S/C25H23ClN2O4/c1-16-21(17(2)28(27-16)14-20-5-3-4-6-22(20)26)8-10-25(30)32-15-23(29)18-7-9-24-19(13-18)11-12-31-24/h3-10,13H,11-12,14-15H2,1-2H3/b10-8+. The Morgan fingerprint density at radius 1 is 1.22 bits per heavy atom. The molecule has 0 amide bonds. The van der Waals surface area contributed by atoms with Gasteiger partial charge in [-0.2, -0.15) is 5.10 Å². The Balaban J connectivity index is 1.37. The number of carbonyl (C=O) groups excluding carboxylic acids is 2. The molecule has 1 aliphatic rings. The summed E-state index contributed by atoms with van der Waals surface area (Å²) in [4.78, 5) is 24.5. The first-order valence-electron chi connectivity index (χ1n) is 10.3. The second-order valence-corrected chi connectivity index (χ2v) is 8.03. The van der Waals surface area contributed by atoms with Gasteiger partial charge in [0.25, 0.3) is 0 Å². The van der Waals surface area contributed by atoms with Crippen molar-refractivity contribution >= 4 is 29.4 Å². The second-order valence-electron chi connectivity index (χ2n) is 7.62. The van der Waals surface area contributed by atoms with Crippen LogP contribution in [-0.4, -0.2) is 34.7 Å². The van der Waals surface area contributed by atoms with Crippen molar-refractivity contribution in [2.75, 3.05) is 13.2 Å². The van der Waals surface area contributed by atoms with Gasteiger partial charge in [0.15, 0.2) is 12.4 Å². The van der Waals surface area contributed by atoms with Gasteiger partial charge < -0.3 is 9.47 Å². The lowest BCUT2D eigenvalue weighted by atomic mass is 10.1. The molecule has 0 radical (unpaired) electrons. The number of aryl methyl sites for hydroxylation is 1. The summed E-state index contributed by atoms with van der Waals surface area (Å²) in [5.41, 5.74) is 5.00. The van der Waals surface area contributed by atoms with Crippen LogP contribution in [0.3, 0.4) is 0 Å². The fraction of sp³-hybridized carbons (Fsp3) is 0.240. The fourth-order valence-corrected chi connectivity index (χ4v) is 3.87. The van der Waals surface area contributed by atoms with E-state index in [0.29, 0.717) is 23.7 Å². The number of nitrogens with zero attached hydrogens (tertiary/aromatic N) is 2. The Morgan fingerprint density at radius 3 is 2.84 bits per heavy atom. The summed E-state index contributed by atoms with van der Waals surface area (Å²) in [7, 11) is 0. The predicted octanol–water partition coefficient (Wildman–Crippen LogP) is 4.58. The van der Waals surface area contributed by atoms with Gasteiger partial charge in [-0.25, -0.2) is 4.79 Å². The molecule has 0 saturated heterocycles. The van der Waals surface area contributed by atoms with Gasteiger partial charge in [0.2, 0.25) is 0 Å². The summed E-state index contributed by atoms with van der Waals surface area (Å²) in [6.07, 6.45) is 3.77. The first-order valence-corrected chi connectivity index (χ1v) is 10.7. The zero-order valence-electron chi connectivity index (χ0n) is 17.9. The van der Waals surface area contributed by atoms with Crippen molar-refractivity contribution < 1.29 is 19.1 Å². The Kier molecular flexibility index (Phi) is 6.42. The van der Waals surface area contributed by atoms with Gasteiger partial charge in [0, 0.05) is 34.3 Å². The van der Waals surface area contributed by atoms with Gasteiger partial charge in [-0.1, -0.05) is 29.8 Å². The lowest BCUT2D eigenvalue weighted by Gasteiger charge is -2.06. The molecule has 32 heavy (non-hydrogen) atoms. The van der Waals surface area contributed by atoms with Crippen LogP contribution in [0.4, 0.5) is 0 Å². The normalized spacial score (nSPS) is 12.6. The lowest BCUT2D eigenvalue weighted by Crippen LogP contribution is -2.12. The molecule has 1 aliphatic heterocycles. The van der Waals surface area contributed by atoms with E-state index >= 15 is 0 Å². The maximum absolute atomic E-state index is 12.4. The number of Topliss-reactive ketones (excluding diaryl/α,β-unsaturated/α-hetero) is 1. The Hall–Kier alpha value is -3.38. The maximum Gasteiger partial charge on any atom is 0.331 e. The van der Waals surface area contributed by atoms with E-state index in [0.717, 1.165) is 40.2 Å². The third-order valence-electron chi connectivity index (χ3n) is 5.46. The number of aromatic nitrogens is 2. The van der Waals surface area contributed by atoms with Crippen LogP contribution in [-0.2, 0) is 22.5 Å². The summed E-state index contributed by atoms with van der Waals surface area (Å²) < 4.78 is 12.4. The van der Waals surface area contributed by atoms with Crippen LogP contribution in [0, 0.1) is 13.8 Å². The van der Waals surface area contributed by atoms with E-state index in [1.807, 2.05) is 42.8 Å². The van der Waals surface area contributed by atoms with Crippen molar-refractivity contribution in [1.29, 1.82) is 0 Å². The number of ketones is 1. The molecular weight excluding hydrogens is 428 g/mol. The number of ether oxygens (including phenoxy) is 2. The Morgan fingerprint density at radius 2 is 2.03 bits per heavy atom. The van der Waals surface area contributed by atoms with Gasteiger partial charge in [-0.05, 0) is 55.3 Å². The third-order valence-corrected chi connectivity index (χ3v) is 5.83. The van der Waals surface area contributed by atoms with E-state index in [1.54, 1.807) is 24.3 Å². The largest absolute Gasteiger partial charge is 0.493 e. The van der Waals surface area contributed by atoms with Crippen molar-refractivity contribution in [2.45, 2.75) is 26.8 Å². The molecule has 3 aromatic rings. The summed E-state index contributed by atoms with van der Waals surface area (Å²) in [5, 5.41) is 5.24. The average molecular weight is 451 g/mol. The molecule has 0 bridgehead atoms. The summed E-state index contributed by atoms with van der Waals surface area (Å²) in [5.74, 6) is -0.0239. The number of hydrogen-bond acceptors (Lipinski definition) is 5. The second kappa shape index (κ2) is 9.40. The Labute approximate surface area is 191 Å². The van der Waals surface area contributed by atoms with Crippen molar-refractivity contribution in [3.8, 4) is 5.75 Å². The van der Waals surface area contributed by atoms with Crippen molar-refractivity contribution in [1.82, 2.24) is 9.78 Å². The lowest BCUT2D eigenvalue weighted by molar-refractivity contribution is -0.136. The molecule has 2 heterocycles. The third kappa shape index (κ3) is 4.75. The average Bonchev–Trinajstić information content (AvgIpc) is 3.36. The fourth-order valence-electron chi connectivity index (χ4n) is 3.67. The van der Waals surface area contributed by atoms with Gasteiger partial charge in [-0.15, -0.1) is 0 Å². The molecule has 6 nitrogen and oxygen atoms in total. The van der Waals surface area contributed by atoms with E-state index < -0.39 is 5.97 Å². The topological polar surface area (TPSA) is 70.4 Å². The number of carbonyl (C=O) groups is 2. The quantitative estimate of drug-likeness (QED) is 0.299. The number of halogens is 1. The molecule has 2 aromatic carbocycles. The minimum atomic E-state index is -0.583. The highest BCUT2D eigenvalue weighted by atomic mass is 35.5. The summed E-state index contributed by atoms with van der Waals surface area (Å²) in [6.45, 7) is 4.66. The smallest absolute Gasteiger partial charge is 0.331 e. The van der Waals surface area contributed by atoms with E-state index in [1.165, 1.54) is 6.08 Å². The van der Waals surface area contributed by atoms with Crippen molar-refractivity contribution in [2.24, 2.45) is 0 Å². The highest BCUT2D eigenvalue weighted by Gasteiger charge is 2.16. The molecule has 4 rings (SSSR count). The number of esters is 1. The highest BCUT2D eigenvalue weighted by molar-refractivity contribution is 6.31. The minimum absolute atomic E-state index is 0.249. The van der Waals surface area contributed by atoms with Gasteiger partial charge in [-0.3, -0.25) is 9.48 Å². The molecule has 7 heteroatoms.